The first-order valence-electron chi connectivity index (χ1n) is 6.60. The van der Waals surface area contributed by atoms with Gasteiger partial charge in [-0.1, -0.05) is 6.07 Å². The summed E-state index contributed by atoms with van der Waals surface area (Å²) in [5.74, 6) is -1.11. The summed E-state index contributed by atoms with van der Waals surface area (Å²) in [5.41, 5.74) is 2.24. The van der Waals surface area contributed by atoms with E-state index in [9.17, 15) is 9.59 Å². The number of hydrogen-bond acceptors (Lipinski definition) is 3. The number of aliphatic carboxylic acids is 1. The SMILES string of the molecule is CSC(C)(C)CNC(=O)c1ccc(/C=C/C(=O)O)c(C)c1. The number of nitrogens with one attached hydrogen (secondary N) is 1. The van der Waals surface area contributed by atoms with E-state index in [0.29, 0.717) is 12.1 Å². The van der Waals surface area contributed by atoms with Crippen LogP contribution < -0.4 is 5.32 Å². The number of carbonyl (C=O) groups is 2. The van der Waals surface area contributed by atoms with Crippen molar-refractivity contribution in [3.05, 3.63) is 41.0 Å². The van der Waals surface area contributed by atoms with Crippen molar-refractivity contribution in [1.29, 1.82) is 0 Å². The predicted molar refractivity (Wildman–Crippen MR) is 87.8 cm³/mol. The Balaban J connectivity index is 2.79. The van der Waals surface area contributed by atoms with Crippen LogP contribution in [-0.2, 0) is 4.79 Å². The molecule has 0 radical (unpaired) electrons. The van der Waals surface area contributed by atoms with Crippen LogP contribution in [0.5, 0.6) is 0 Å². The number of aryl methyl sites for hydroxylation is 1. The van der Waals surface area contributed by atoms with Crippen LogP contribution in [0.2, 0.25) is 0 Å². The summed E-state index contributed by atoms with van der Waals surface area (Å²) in [5, 5.41) is 11.5. The van der Waals surface area contributed by atoms with Gasteiger partial charge in [0.05, 0.1) is 0 Å². The molecule has 0 fully saturated rings. The second-order valence-corrected chi connectivity index (χ2v) is 6.90. The normalized spacial score (nSPS) is 11.6. The van der Waals surface area contributed by atoms with E-state index in [0.717, 1.165) is 17.2 Å². The maximum Gasteiger partial charge on any atom is 0.328 e. The third-order valence-electron chi connectivity index (χ3n) is 3.16. The van der Waals surface area contributed by atoms with E-state index in [1.165, 1.54) is 6.08 Å². The van der Waals surface area contributed by atoms with Crippen molar-refractivity contribution in [3.63, 3.8) is 0 Å². The zero-order chi connectivity index (χ0) is 16.0. The Morgan fingerprint density at radius 1 is 1.38 bits per heavy atom. The van der Waals surface area contributed by atoms with E-state index in [2.05, 4.69) is 19.2 Å². The van der Waals surface area contributed by atoms with Crippen molar-refractivity contribution < 1.29 is 14.7 Å². The zero-order valence-corrected chi connectivity index (χ0v) is 13.6. The van der Waals surface area contributed by atoms with Gasteiger partial charge in [0, 0.05) is 22.9 Å². The molecule has 0 spiro atoms. The highest BCUT2D eigenvalue weighted by Gasteiger charge is 2.17. The van der Waals surface area contributed by atoms with Gasteiger partial charge in [0.25, 0.3) is 5.91 Å². The fraction of sp³-hybridized carbons (Fsp3) is 0.375. The van der Waals surface area contributed by atoms with E-state index in [-0.39, 0.29) is 10.7 Å². The highest BCUT2D eigenvalue weighted by atomic mass is 32.2. The van der Waals surface area contributed by atoms with Gasteiger partial charge in [-0.2, -0.15) is 11.8 Å². The summed E-state index contributed by atoms with van der Waals surface area (Å²) in [6, 6.07) is 5.22. The second-order valence-electron chi connectivity index (χ2n) is 5.39. The molecular weight excluding hydrogens is 286 g/mol. The largest absolute Gasteiger partial charge is 0.478 e. The molecule has 4 nitrogen and oxygen atoms in total. The summed E-state index contributed by atoms with van der Waals surface area (Å²) in [6.45, 7) is 6.59. The lowest BCUT2D eigenvalue weighted by atomic mass is 10.0. The third-order valence-corrected chi connectivity index (χ3v) is 4.41. The van der Waals surface area contributed by atoms with Gasteiger partial charge in [-0.05, 0) is 56.4 Å². The van der Waals surface area contributed by atoms with Crippen LogP contribution in [0, 0.1) is 6.92 Å². The Bertz CT molecular complexity index is 565. The lowest BCUT2D eigenvalue weighted by Gasteiger charge is -2.22. The zero-order valence-electron chi connectivity index (χ0n) is 12.8. The Kier molecular flexibility index (Phi) is 6.03. The van der Waals surface area contributed by atoms with Gasteiger partial charge in [-0.3, -0.25) is 4.79 Å². The molecule has 2 N–H and O–H groups in total. The molecule has 0 unspecified atom stereocenters. The highest BCUT2D eigenvalue weighted by Crippen LogP contribution is 2.20. The van der Waals surface area contributed by atoms with Gasteiger partial charge in [-0.15, -0.1) is 0 Å². The molecule has 5 heteroatoms. The molecule has 0 bridgehead atoms. The van der Waals surface area contributed by atoms with Crippen molar-refractivity contribution in [1.82, 2.24) is 5.32 Å². The van der Waals surface area contributed by atoms with Crippen molar-refractivity contribution in [3.8, 4) is 0 Å². The van der Waals surface area contributed by atoms with Gasteiger partial charge in [-0.25, -0.2) is 4.79 Å². The van der Waals surface area contributed by atoms with Crippen LogP contribution in [-0.4, -0.2) is 34.5 Å². The number of thioether (sulfide) groups is 1. The minimum Gasteiger partial charge on any atom is -0.478 e. The van der Waals surface area contributed by atoms with Gasteiger partial charge in [0.1, 0.15) is 0 Å². The first-order chi connectivity index (χ1) is 9.75. The van der Waals surface area contributed by atoms with Gasteiger partial charge >= 0.3 is 5.97 Å². The molecule has 21 heavy (non-hydrogen) atoms. The number of carboxylic acid groups (broad SMARTS) is 1. The summed E-state index contributed by atoms with van der Waals surface area (Å²) in [7, 11) is 0. The molecule has 114 valence electrons. The molecule has 1 rings (SSSR count). The van der Waals surface area contributed by atoms with Crippen LogP contribution in [0.25, 0.3) is 6.08 Å². The summed E-state index contributed by atoms with van der Waals surface area (Å²) < 4.78 is -0.00509. The topological polar surface area (TPSA) is 66.4 Å². The molecular formula is C16H21NO3S. The minimum atomic E-state index is -0.990. The first-order valence-corrected chi connectivity index (χ1v) is 7.82. The lowest BCUT2D eigenvalue weighted by Crippen LogP contribution is -2.36. The van der Waals surface area contributed by atoms with E-state index in [4.69, 9.17) is 5.11 Å². The third kappa shape index (κ3) is 5.63. The molecule has 1 aromatic rings. The molecule has 0 heterocycles. The molecule has 0 atom stereocenters. The standard InChI is InChI=1S/C16H21NO3S/c1-11-9-13(6-5-12(11)7-8-14(18)19)15(20)17-10-16(2,3)21-4/h5-9H,10H2,1-4H3,(H,17,20)(H,18,19)/b8-7+. The Labute approximate surface area is 129 Å². The quantitative estimate of drug-likeness (QED) is 0.793. The number of hydrogen-bond donors (Lipinski definition) is 2. The fourth-order valence-corrected chi connectivity index (χ4v) is 1.85. The number of amides is 1. The van der Waals surface area contributed by atoms with Crippen LogP contribution in [0.1, 0.15) is 35.3 Å². The van der Waals surface area contributed by atoms with Crippen LogP contribution >= 0.6 is 11.8 Å². The van der Waals surface area contributed by atoms with Gasteiger partial charge in [0.2, 0.25) is 0 Å². The van der Waals surface area contributed by atoms with E-state index in [1.54, 1.807) is 30.0 Å². The number of carbonyl (C=O) groups excluding carboxylic acids is 1. The van der Waals surface area contributed by atoms with Crippen molar-refractivity contribution >= 4 is 29.7 Å². The monoisotopic (exact) mass is 307 g/mol. The molecule has 0 aromatic heterocycles. The predicted octanol–water partition coefficient (Wildman–Crippen LogP) is 2.96. The summed E-state index contributed by atoms with van der Waals surface area (Å²) in [6.07, 6.45) is 4.62. The minimum absolute atomic E-state index is 0.00509. The average Bonchev–Trinajstić information content (AvgIpc) is 2.43. The van der Waals surface area contributed by atoms with E-state index >= 15 is 0 Å². The fourth-order valence-electron chi connectivity index (χ4n) is 1.63. The Morgan fingerprint density at radius 3 is 2.57 bits per heavy atom. The van der Waals surface area contributed by atoms with Gasteiger partial charge < -0.3 is 10.4 Å². The van der Waals surface area contributed by atoms with Crippen LogP contribution in [0.3, 0.4) is 0 Å². The number of carboxylic acids is 1. The maximum atomic E-state index is 12.1. The summed E-state index contributed by atoms with van der Waals surface area (Å²) in [4.78, 5) is 22.6. The van der Waals surface area contributed by atoms with Crippen molar-refractivity contribution in [2.75, 3.05) is 12.8 Å². The Morgan fingerprint density at radius 2 is 2.05 bits per heavy atom. The first kappa shape index (κ1) is 17.3. The smallest absolute Gasteiger partial charge is 0.328 e. The van der Waals surface area contributed by atoms with Crippen LogP contribution in [0.15, 0.2) is 24.3 Å². The van der Waals surface area contributed by atoms with E-state index < -0.39 is 5.97 Å². The number of rotatable bonds is 6. The second kappa shape index (κ2) is 7.31. The van der Waals surface area contributed by atoms with Crippen molar-refractivity contribution in [2.24, 2.45) is 0 Å². The summed E-state index contributed by atoms with van der Waals surface area (Å²) >= 11 is 1.70. The number of benzene rings is 1. The highest BCUT2D eigenvalue weighted by molar-refractivity contribution is 7.99. The van der Waals surface area contributed by atoms with Crippen LogP contribution in [0.4, 0.5) is 0 Å². The molecule has 1 amide bonds. The molecule has 1 aromatic carbocycles. The van der Waals surface area contributed by atoms with Gasteiger partial charge in [0.15, 0.2) is 0 Å². The molecule has 0 saturated heterocycles. The van der Waals surface area contributed by atoms with E-state index in [1.807, 2.05) is 13.2 Å². The molecule has 0 aliphatic rings. The maximum absolute atomic E-state index is 12.1. The average molecular weight is 307 g/mol. The Hall–Kier alpha value is -1.75. The molecule has 0 saturated carbocycles. The molecule has 0 aliphatic heterocycles. The molecule has 0 aliphatic carbocycles. The van der Waals surface area contributed by atoms with Crippen molar-refractivity contribution in [2.45, 2.75) is 25.5 Å². The lowest BCUT2D eigenvalue weighted by molar-refractivity contribution is -0.131.